The first-order chi connectivity index (χ1) is 9.26. The molecule has 1 fully saturated rings. The van der Waals surface area contributed by atoms with E-state index < -0.39 is 0 Å². The van der Waals surface area contributed by atoms with Gasteiger partial charge in [0.1, 0.15) is 0 Å². The molecule has 2 heterocycles. The van der Waals surface area contributed by atoms with E-state index in [1.54, 1.807) is 4.90 Å². The number of carbonyl (C=O) groups excluding carboxylic acids is 1. The number of anilines is 1. The van der Waals surface area contributed by atoms with E-state index in [1.165, 1.54) is 0 Å². The molecule has 0 saturated carbocycles. The second kappa shape index (κ2) is 5.26. The number of likely N-dealkylation sites (N-methyl/N-ethyl adjacent to an activating group) is 1. The molecule has 0 unspecified atom stereocenters. The highest BCUT2D eigenvalue weighted by molar-refractivity contribution is 5.75. The van der Waals surface area contributed by atoms with Crippen LogP contribution in [0.3, 0.4) is 0 Å². The number of amides is 2. The Balaban J connectivity index is 1.86. The molecular weight excluding hydrogens is 254 g/mol. The Bertz CT molecular complexity index is 473. The number of urea groups is 1. The summed E-state index contributed by atoms with van der Waals surface area (Å²) in [5.41, 5.74) is 0.699. The lowest BCUT2D eigenvalue weighted by Gasteiger charge is -2.44. The highest BCUT2D eigenvalue weighted by Crippen LogP contribution is 2.20. The van der Waals surface area contributed by atoms with E-state index in [-0.39, 0.29) is 17.6 Å². The fraction of sp³-hybridized carbons (Fsp3) is 0.643. The molecule has 1 aliphatic rings. The van der Waals surface area contributed by atoms with E-state index >= 15 is 0 Å². The summed E-state index contributed by atoms with van der Waals surface area (Å²) in [6.07, 6.45) is 0. The first kappa shape index (κ1) is 14.6. The molecule has 0 radical (unpaired) electrons. The largest absolute Gasteiger partial charge is 0.351 e. The predicted molar refractivity (Wildman–Crippen MR) is 78.8 cm³/mol. The Morgan fingerprint density at radius 2 is 2.00 bits per heavy atom. The normalized spacial score (nSPS) is 15.8. The van der Waals surface area contributed by atoms with Crippen LogP contribution < -0.4 is 10.2 Å². The molecule has 1 aromatic heterocycles. The van der Waals surface area contributed by atoms with Crippen LogP contribution in [0.5, 0.6) is 0 Å². The number of hydrogen-bond acceptors (Lipinski definition) is 4. The summed E-state index contributed by atoms with van der Waals surface area (Å²) in [6, 6.07) is 4.11. The van der Waals surface area contributed by atoms with Gasteiger partial charge < -0.3 is 15.1 Å². The quantitative estimate of drug-likeness (QED) is 0.888. The molecule has 2 amide bonds. The van der Waals surface area contributed by atoms with E-state index in [4.69, 9.17) is 0 Å². The van der Waals surface area contributed by atoms with Crippen molar-refractivity contribution in [1.82, 2.24) is 20.4 Å². The van der Waals surface area contributed by atoms with Gasteiger partial charge in [0.25, 0.3) is 0 Å². The Hall–Kier alpha value is -1.85. The molecule has 0 atom stereocenters. The van der Waals surface area contributed by atoms with Crippen LogP contribution in [0.15, 0.2) is 12.1 Å². The Morgan fingerprint density at radius 1 is 1.35 bits per heavy atom. The third-order valence-corrected chi connectivity index (χ3v) is 3.32. The molecule has 1 aromatic rings. The predicted octanol–water partition coefficient (Wildman–Crippen LogP) is 1.41. The van der Waals surface area contributed by atoms with Gasteiger partial charge in [0.05, 0.1) is 11.7 Å². The molecule has 2 rings (SSSR count). The minimum Gasteiger partial charge on any atom is -0.351 e. The molecular formula is C14H23N5O. The molecule has 6 heteroatoms. The van der Waals surface area contributed by atoms with Crippen molar-refractivity contribution in [1.29, 1.82) is 0 Å². The van der Waals surface area contributed by atoms with Crippen LogP contribution >= 0.6 is 0 Å². The maximum atomic E-state index is 12.0. The lowest BCUT2D eigenvalue weighted by atomic mass is 10.1. The maximum absolute atomic E-state index is 12.0. The zero-order chi connectivity index (χ0) is 14.9. The molecule has 0 aliphatic carbocycles. The highest BCUT2D eigenvalue weighted by atomic mass is 16.2. The summed E-state index contributed by atoms with van der Waals surface area (Å²) < 4.78 is 0. The molecule has 0 aromatic carbocycles. The van der Waals surface area contributed by atoms with E-state index in [1.807, 2.05) is 46.9 Å². The fourth-order valence-corrected chi connectivity index (χ4v) is 2.02. The van der Waals surface area contributed by atoms with E-state index in [2.05, 4.69) is 20.4 Å². The lowest BCUT2D eigenvalue weighted by Crippen LogP contribution is -2.62. The van der Waals surface area contributed by atoms with Crippen molar-refractivity contribution >= 4 is 11.8 Å². The van der Waals surface area contributed by atoms with E-state index in [0.29, 0.717) is 0 Å². The summed E-state index contributed by atoms with van der Waals surface area (Å²) >= 11 is 0. The molecule has 1 aliphatic heterocycles. The summed E-state index contributed by atoms with van der Waals surface area (Å²) in [4.78, 5) is 15.9. The Morgan fingerprint density at radius 3 is 2.50 bits per heavy atom. The van der Waals surface area contributed by atoms with Crippen molar-refractivity contribution in [2.75, 3.05) is 25.0 Å². The molecule has 1 saturated heterocycles. The van der Waals surface area contributed by atoms with Crippen LogP contribution in [0.4, 0.5) is 10.6 Å². The SMILES string of the molecule is Cc1ccc(N2CC(N(C)C(=O)NC(C)(C)C)C2)nn1. The standard InChI is InChI=1S/C14H23N5O/c1-10-6-7-12(17-16-10)19-8-11(9-19)18(5)13(20)15-14(2,3)4/h6-7,11H,8-9H2,1-5H3,(H,15,20). The van der Waals surface area contributed by atoms with Crippen molar-refractivity contribution in [2.45, 2.75) is 39.3 Å². The average molecular weight is 277 g/mol. The fourth-order valence-electron chi connectivity index (χ4n) is 2.02. The number of rotatable bonds is 2. The topological polar surface area (TPSA) is 61.4 Å². The van der Waals surface area contributed by atoms with Gasteiger partial charge in [0, 0.05) is 25.7 Å². The minimum atomic E-state index is -0.211. The van der Waals surface area contributed by atoms with E-state index in [0.717, 1.165) is 24.6 Å². The second-order valence-electron chi connectivity index (χ2n) is 6.38. The minimum absolute atomic E-state index is 0.0304. The first-order valence-corrected chi connectivity index (χ1v) is 6.86. The number of carbonyl (C=O) groups is 1. The van der Waals surface area contributed by atoms with Crippen LogP contribution in [0.25, 0.3) is 0 Å². The van der Waals surface area contributed by atoms with Crippen LogP contribution in [0, 0.1) is 6.92 Å². The van der Waals surface area contributed by atoms with Gasteiger partial charge in [-0.3, -0.25) is 0 Å². The van der Waals surface area contributed by atoms with Gasteiger partial charge in [-0.15, -0.1) is 5.10 Å². The van der Waals surface area contributed by atoms with Crippen molar-refractivity contribution in [2.24, 2.45) is 0 Å². The summed E-state index contributed by atoms with van der Waals surface area (Å²) in [7, 11) is 1.84. The van der Waals surface area contributed by atoms with Crippen molar-refractivity contribution in [3.8, 4) is 0 Å². The maximum Gasteiger partial charge on any atom is 0.317 e. The van der Waals surface area contributed by atoms with Crippen LogP contribution in [-0.4, -0.2) is 52.8 Å². The number of nitrogens with one attached hydrogen (secondary N) is 1. The average Bonchev–Trinajstić information content (AvgIpc) is 2.27. The van der Waals surface area contributed by atoms with Crippen LogP contribution in [-0.2, 0) is 0 Å². The number of hydrogen-bond donors (Lipinski definition) is 1. The number of nitrogens with zero attached hydrogens (tertiary/aromatic N) is 4. The van der Waals surface area contributed by atoms with Gasteiger partial charge in [-0.2, -0.15) is 5.10 Å². The monoisotopic (exact) mass is 277 g/mol. The van der Waals surface area contributed by atoms with Crippen molar-refractivity contribution in [3.63, 3.8) is 0 Å². The lowest BCUT2D eigenvalue weighted by molar-refractivity contribution is 0.170. The van der Waals surface area contributed by atoms with Crippen molar-refractivity contribution in [3.05, 3.63) is 17.8 Å². The Labute approximate surface area is 120 Å². The van der Waals surface area contributed by atoms with E-state index in [9.17, 15) is 4.79 Å². The second-order valence-corrected chi connectivity index (χ2v) is 6.38. The molecule has 110 valence electrons. The van der Waals surface area contributed by atoms with Gasteiger partial charge in [-0.05, 0) is 39.8 Å². The molecule has 20 heavy (non-hydrogen) atoms. The molecule has 0 bridgehead atoms. The van der Waals surface area contributed by atoms with Gasteiger partial charge in [0.15, 0.2) is 5.82 Å². The highest BCUT2D eigenvalue weighted by Gasteiger charge is 2.34. The Kier molecular flexibility index (Phi) is 3.83. The first-order valence-electron chi connectivity index (χ1n) is 6.86. The number of aromatic nitrogens is 2. The zero-order valence-electron chi connectivity index (χ0n) is 12.8. The van der Waals surface area contributed by atoms with Gasteiger partial charge in [-0.25, -0.2) is 4.79 Å². The summed E-state index contributed by atoms with van der Waals surface area (Å²) in [5, 5.41) is 11.2. The van der Waals surface area contributed by atoms with Crippen LogP contribution in [0.1, 0.15) is 26.5 Å². The van der Waals surface area contributed by atoms with Gasteiger partial charge >= 0.3 is 6.03 Å². The molecule has 6 nitrogen and oxygen atoms in total. The van der Waals surface area contributed by atoms with Crippen molar-refractivity contribution < 1.29 is 4.79 Å². The molecule has 1 N–H and O–H groups in total. The number of aryl methyl sites for hydroxylation is 1. The zero-order valence-corrected chi connectivity index (χ0v) is 12.8. The summed E-state index contributed by atoms with van der Waals surface area (Å²) in [6.45, 7) is 9.45. The third kappa shape index (κ3) is 3.37. The molecule has 0 spiro atoms. The van der Waals surface area contributed by atoms with Gasteiger partial charge in [0.2, 0.25) is 0 Å². The smallest absolute Gasteiger partial charge is 0.317 e. The van der Waals surface area contributed by atoms with Crippen LogP contribution in [0.2, 0.25) is 0 Å². The summed E-state index contributed by atoms with van der Waals surface area (Å²) in [5.74, 6) is 0.872. The van der Waals surface area contributed by atoms with Gasteiger partial charge in [-0.1, -0.05) is 0 Å². The third-order valence-electron chi connectivity index (χ3n) is 3.32.